The summed E-state index contributed by atoms with van der Waals surface area (Å²) >= 11 is 1.29. The molecule has 2 heterocycles. The van der Waals surface area contributed by atoms with Gasteiger partial charge in [-0.3, -0.25) is 10.1 Å². The zero-order chi connectivity index (χ0) is 18.9. The first-order valence-corrected chi connectivity index (χ1v) is 10.0. The molecular formula is C17H17N3O4S2. The molecule has 0 radical (unpaired) electrons. The van der Waals surface area contributed by atoms with E-state index in [1.807, 2.05) is 36.6 Å². The summed E-state index contributed by atoms with van der Waals surface area (Å²) in [6, 6.07) is 9.04. The number of sulfonamides is 1. The molecule has 0 fully saturated rings. The number of amides is 1. The van der Waals surface area contributed by atoms with Crippen molar-refractivity contribution in [1.29, 1.82) is 0 Å². The highest BCUT2D eigenvalue weighted by Gasteiger charge is 2.23. The van der Waals surface area contributed by atoms with Crippen molar-refractivity contribution in [3.05, 3.63) is 52.6 Å². The molecule has 2 aromatic heterocycles. The maximum Gasteiger partial charge on any atom is 0.273 e. The van der Waals surface area contributed by atoms with Crippen LogP contribution < -0.4 is 10.0 Å². The van der Waals surface area contributed by atoms with E-state index in [0.29, 0.717) is 5.13 Å². The lowest BCUT2D eigenvalue weighted by Crippen LogP contribution is -2.18. The van der Waals surface area contributed by atoms with Crippen molar-refractivity contribution in [1.82, 2.24) is 9.71 Å². The smallest absolute Gasteiger partial charge is 0.273 e. The fraction of sp³-hybridized carbons (Fsp3) is 0.176. The number of aryl methyl sites for hydroxylation is 2. The monoisotopic (exact) mass is 391 g/mol. The molecule has 0 unspecified atom stereocenters. The van der Waals surface area contributed by atoms with Crippen LogP contribution in [0.25, 0.3) is 11.3 Å². The number of rotatable bonds is 5. The summed E-state index contributed by atoms with van der Waals surface area (Å²) in [5.41, 5.74) is 2.99. The lowest BCUT2D eigenvalue weighted by molar-refractivity contribution is 0.102. The third-order valence-electron chi connectivity index (χ3n) is 3.82. The quantitative estimate of drug-likeness (QED) is 0.696. The van der Waals surface area contributed by atoms with Gasteiger partial charge in [0.1, 0.15) is 5.76 Å². The Morgan fingerprint density at radius 2 is 1.96 bits per heavy atom. The van der Waals surface area contributed by atoms with E-state index in [2.05, 4.69) is 15.0 Å². The SMILES string of the molecule is CNS(=O)(=O)c1cc(C(=O)Nc2nc(-c3ccccc3C)cs2)c(C)o1. The minimum Gasteiger partial charge on any atom is -0.448 e. The van der Waals surface area contributed by atoms with Gasteiger partial charge in [-0.25, -0.2) is 18.1 Å². The van der Waals surface area contributed by atoms with Crippen molar-refractivity contribution in [3.8, 4) is 11.3 Å². The van der Waals surface area contributed by atoms with Gasteiger partial charge in [-0.15, -0.1) is 11.3 Å². The molecule has 0 aliphatic heterocycles. The molecule has 0 aliphatic rings. The molecule has 0 aliphatic carbocycles. The van der Waals surface area contributed by atoms with E-state index in [1.54, 1.807) is 0 Å². The topological polar surface area (TPSA) is 101 Å². The Bertz CT molecular complexity index is 1070. The normalized spacial score (nSPS) is 11.5. The molecule has 0 saturated heterocycles. The minimum absolute atomic E-state index is 0.145. The number of aromatic nitrogens is 1. The van der Waals surface area contributed by atoms with Gasteiger partial charge in [0.25, 0.3) is 15.9 Å². The highest BCUT2D eigenvalue weighted by molar-refractivity contribution is 7.89. The van der Waals surface area contributed by atoms with Crippen LogP contribution in [-0.4, -0.2) is 26.4 Å². The number of carbonyl (C=O) groups excluding carboxylic acids is 1. The van der Waals surface area contributed by atoms with Crippen LogP contribution in [0.1, 0.15) is 21.7 Å². The average molecular weight is 391 g/mol. The number of nitrogens with zero attached hydrogens (tertiary/aromatic N) is 1. The van der Waals surface area contributed by atoms with Gasteiger partial charge in [-0.05, 0) is 26.5 Å². The molecule has 26 heavy (non-hydrogen) atoms. The Labute approximate surface area is 155 Å². The summed E-state index contributed by atoms with van der Waals surface area (Å²) in [5.74, 6) is -0.263. The molecule has 1 amide bonds. The van der Waals surface area contributed by atoms with E-state index in [0.717, 1.165) is 16.8 Å². The number of benzene rings is 1. The van der Waals surface area contributed by atoms with Crippen LogP contribution in [0, 0.1) is 13.8 Å². The average Bonchev–Trinajstić information content (AvgIpc) is 3.22. The van der Waals surface area contributed by atoms with Crippen molar-refractivity contribution in [2.75, 3.05) is 12.4 Å². The van der Waals surface area contributed by atoms with Crippen molar-refractivity contribution >= 4 is 32.4 Å². The summed E-state index contributed by atoms with van der Waals surface area (Å²) in [4.78, 5) is 16.9. The third kappa shape index (κ3) is 3.55. The number of thiazole rings is 1. The molecule has 3 rings (SSSR count). The van der Waals surface area contributed by atoms with Gasteiger partial charge in [0.2, 0.25) is 5.09 Å². The second kappa shape index (κ2) is 7.02. The van der Waals surface area contributed by atoms with Crippen molar-refractivity contribution in [3.63, 3.8) is 0 Å². The second-order valence-electron chi connectivity index (χ2n) is 5.55. The maximum atomic E-state index is 12.5. The molecule has 0 saturated carbocycles. The number of furan rings is 1. The number of nitrogens with one attached hydrogen (secondary N) is 2. The fourth-order valence-corrected chi connectivity index (χ4v) is 3.81. The van der Waals surface area contributed by atoms with Gasteiger partial charge >= 0.3 is 0 Å². The van der Waals surface area contributed by atoms with E-state index in [-0.39, 0.29) is 16.4 Å². The molecule has 136 valence electrons. The summed E-state index contributed by atoms with van der Waals surface area (Å²) < 4.78 is 30.9. The molecule has 2 N–H and O–H groups in total. The van der Waals surface area contributed by atoms with Crippen LogP contribution in [-0.2, 0) is 10.0 Å². The first-order chi connectivity index (χ1) is 12.3. The number of carbonyl (C=O) groups is 1. The molecule has 1 aromatic carbocycles. The predicted octanol–water partition coefficient (Wildman–Crippen LogP) is 3.18. The van der Waals surface area contributed by atoms with Crippen molar-refractivity contribution in [2.24, 2.45) is 0 Å². The molecule has 0 bridgehead atoms. The van der Waals surface area contributed by atoms with Gasteiger partial charge in [-0.1, -0.05) is 24.3 Å². The van der Waals surface area contributed by atoms with E-state index >= 15 is 0 Å². The Morgan fingerprint density at radius 1 is 1.23 bits per heavy atom. The second-order valence-corrected chi connectivity index (χ2v) is 8.23. The number of hydrogen-bond donors (Lipinski definition) is 2. The van der Waals surface area contributed by atoms with Crippen LogP contribution in [0.3, 0.4) is 0 Å². The number of anilines is 1. The standard InChI is InChI=1S/C17H17N3O4S2/c1-10-6-4-5-7-12(10)14-9-25-17(19-14)20-16(21)13-8-15(24-11(13)2)26(22,23)18-3/h4-9,18H,1-3H3,(H,19,20,21). The van der Waals surface area contributed by atoms with Crippen LogP contribution in [0.2, 0.25) is 0 Å². The Morgan fingerprint density at radius 3 is 2.65 bits per heavy atom. The molecule has 9 heteroatoms. The minimum atomic E-state index is -3.75. The van der Waals surface area contributed by atoms with Crippen molar-refractivity contribution < 1.29 is 17.6 Å². The van der Waals surface area contributed by atoms with E-state index in [9.17, 15) is 13.2 Å². The number of hydrogen-bond acceptors (Lipinski definition) is 6. The van der Waals surface area contributed by atoms with E-state index in [1.165, 1.54) is 31.4 Å². The maximum absolute atomic E-state index is 12.5. The van der Waals surface area contributed by atoms with Crippen LogP contribution in [0.15, 0.2) is 45.2 Å². The van der Waals surface area contributed by atoms with Crippen LogP contribution in [0.5, 0.6) is 0 Å². The molecular weight excluding hydrogens is 374 g/mol. The fourth-order valence-electron chi connectivity index (χ4n) is 2.39. The summed E-state index contributed by atoms with van der Waals surface area (Å²) in [6.45, 7) is 3.52. The predicted molar refractivity (Wildman–Crippen MR) is 99.9 cm³/mol. The van der Waals surface area contributed by atoms with Gasteiger partial charge in [0.15, 0.2) is 5.13 Å². The van der Waals surface area contributed by atoms with Gasteiger partial charge in [0.05, 0.1) is 11.3 Å². The lowest BCUT2D eigenvalue weighted by Gasteiger charge is -2.01. The highest BCUT2D eigenvalue weighted by Crippen LogP contribution is 2.28. The van der Waals surface area contributed by atoms with Crippen molar-refractivity contribution in [2.45, 2.75) is 18.9 Å². The van der Waals surface area contributed by atoms with Gasteiger partial charge in [0, 0.05) is 17.0 Å². The largest absolute Gasteiger partial charge is 0.448 e. The van der Waals surface area contributed by atoms with Crippen LogP contribution >= 0.6 is 11.3 Å². The van der Waals surface area contributed by atoms with Gasteiger partial charge < -0.3 is 4.42 Å². The third-order valence-corrected chi connectivity index (χ3v) is 5.85. The Kier molecular flexibility index (Phi) is 4.94. The molecule has 3 aromatic rings. The summed E-state index contributed by atoms with van der Waals surface area (Å²) in [7, 11) is -2.48. The summed E-state index contributed by atoms with van der Waals surface area (Å²) in [6.07, 6.45) is 0. The first kappa shape index (κ1) is 18.3. The molecule has 0 spiro atoms. The zero-order valence-corrected chi connectivity index (χ0v) is 16.0. The Balaban J connectivity index is 1.83. The zero-order valence-electron chi connectivity index (χ0n) is 14.4. The lowest BCUT2D eigenvalue weighted by atomic mass is 10.1. The van der Waals surface area contributed by atoms with Gasteiger partial charge in [-0.2, -0.15) is 0 Å². The van der Waals surface area contributed by atoms with Crippen LogP contribution in [0.4, 0.5) is 5.13 Å². The van der Waals surface area contributed by atoms with E-state index < -0.39 is 15.9 Å². The molecule has 0 atom stereocenters. The van der Waals surface area contributed by atoms with E-state index in [4.69, 9.17) is 4.42 Å². The first-order valence-electron chi connectivity index (χ1n) is 7.68. The summed E-state index contributed by atoms with van der Waals surface area (Å²) in [5, 5.41) is 4.66. The Hall–Kier alpha value is -2.49. The highest BCUT2D eigenvalue weighted by atomic mass is 32.2. The molecule has 7 nitrogen and oxygen atoms in total.